The van der Waals surface area contributed by atoms with Crippen LogP contribution >= 0.6 is 0 Å². The Morgan fingerprint density at radius 3 is 2.20 bits per heavy atom. The summed E-state index contributed by atoms with van der Waals surface area (Å²) >= 11 is 0. The molecule has 15 heavy (non-hydrogen) atoms. The molecule has 0 bridgehead atoms. The lowest BCUT2D eigenvalue weighted by Gasteiger charge is -2.16. The van der Waals surface area contributed by atoms with E-state index in [1.54, 1.807) is 0 Å². The molecule has 0 radical (unpaired) electrons. The number of aliphatic carboxylic acids is 2. The summed E-state index contributed by atoms with van der Waals surface area (Å²) in [5.74, 6) is -2.86. The molecule has 1 aliphatic carbocycles. The van der Waals surface area contributed by atoms with Crippen molar-refractivity contribution >= 4 is 11.9 Å². The van der Waals surface area contributed by atoms with E-state index in [2.05, 4.69) is 6.58 Å². The molecule has 4 nitrogen and oxygen atoms in total. The van der Waals surface area contributed by atoms with Gasteiger partial charge < -0.3 is 10.2 Å². The van der Waals surface area contributed by atoms with Gasteiger partial charge in [0.1, 0.15) is 0 Å². The van der Waals surface area contributed by atoms with E-state index in [4.69, 9.17) is 10.2 Å². The van der Waals surface area contributed by atoms with Crippen LogP contribution in [0.2, 0.25) is 0 Å². The van der Waals surface area contributed by atoms with Crippen LogP contribution in [-0.4, -0.2) is 22.2 Å². The predicted molar refractivity (Wildman–Crippen MR) is 54.5 cm³/mol. The van der Waals surface area contributed by atoms with E-state index in [1.807, 2.05) is 0 Å². The number of carboxylic acid groups (broad SMARTS) is 2. The minimum atomic E-state index is -1.21. The maximum absolute atomic E-state index is 10.9. The summed E-state index contributed by atoms with van der Waals surface area (Å²) in [5, 5.41) is 17.6. The normalized spacial score (nSPS) is 18.7. The van der Waals surface area contributed by atoms with Crippen LogP contribution < -0.4 is 0 Å². The second kappa shape index (κ2) is 4.96. The van der Waals surface area contributed by atoms with E-state index in [-0.39, 0.29) is 5.57 Å². The van der Waals surface area contributed by atoms with Gasteiger partial charge in [-0.2, -0.15) is 0 Å². The molecule has 1 aliphatic rings. The highest BCUT2D eigenvalue weighted by atomic mass is 16.4. The molecule has 0 spiro atoms. The molecule has 1 unspecified atom stereocenters. The lowest BCUT2D eigenvalue weighted by Crippen LogP contribution is -2.22. The highest BCUT2D eigenvalue weighted by molar-refractivity contribution is 5.93. The molecule has 4 heteroatoms. The zero-order chi connectivity index (χ0) is 11.4. The van der Waals surface area contributed by atoms with Gasteiger partial charge in [-0.25, -0.2) is 4.79 Å². The number of rotatable bonds is 5. The Morgan fingerprint density at radius 2 is 1.80 bits per heavy atom. The van der Waals surface area contributed by atoms with Crippen molar-refractivity contribution in [3.05, 3.63) is 12.2 Å². The van der Waals surface area contributed by atoms with Crippen molar-refractivity contribution in [2.75, 3.05) is 0 Å². The van der Waals surface area contributed by atoms with Gasteiger partial charge >= 0.3 is 11.9 Å². The van der Waals surface area contributed by atoms with Gasteiger partial charge in [0.2, 0.25) is 0 Å². The van der Waals surface area contributed by atoms with E-state index in [9.17, 15) is 9.59 Å². The smallest absolute Gasteiger partial charge is 0.331 e. The molecule has 2 N–H and O–H groups in total. The molecule has 0 aromatic rings. The van der Waals surface area contributed by atoms with Crippen LogP contribution in [0.25, 0.3) is 0 Å². The van der Waals surface area contributed by atoms with Gasteiger partial charge in [0, 0.05) is 5.57 Å². The monoisotopic (exact) mass is 212 g/mol. The zero-order valence-corrected chi connectivity index (χ0v) is 8.61. The summed E-state index contributed by atoms with van der Waals surface area (Å²) in [6.07, 6.45) is 4.68. The van der Waals surface area contributed by atoms with E-state index in [0.717, 1.165) is 25.7 Å². The Labute approximate surface area is 88.6 Å². The van der Waals surface area contributed by atoms with Crippen molar-refractivity contribution in [1.29, 1.82) is 0 Å². The van der Waals surface area contributed by atoms with Gasteiger partial charge in [0.25, 0.3) is 0 Å². The van der Waals surface area contributed by atoms with Gasteiger partial charge in [0.05, 0.1) is 5.92 Å². The van der Waals surface area contributed by atoms with Crippen LogP contribution in [0.5, 0.6) is 0 Å². The average molecular weight is 212 g/mol. The third kappa shape index (κ3) is 3.08. The van der Waals surface area contributed by atoms with Crippen molar-refractivity contribution in [1.82, 2.24) is 0 Å². The van der Waals surface area contributed by atoms with Crippen LogP contribution in [-0.2, 0) is 9.59 Å². The molecule has 0 saturated heterocycles. The van der Waals surface area contributed by atoms with E-state index in [0.29, 0.717) is 12.3 Å². The second-order valence-electron chi connectivity index (χ2n) is 4.11. The van der Waals surface area contributed by atoms with Crippen LogP contribution in [0.15, 0.2) is 12.2 Å². The van der Waals surface area contributed by atoms with Gasteiger partial charge in [-0.05, 0) is 12.3 Å². The quantitative estimate of drug-likeness (QED) is 0.682. The second-order valence-corrected chi connectivity index (χ2v) is 4.11. The van der Waals surface area contributed by atoms with Crippen LogP contribution in [0.4, 0.5) is 0 Å². The van der Waals surface area contributed by atoms with Gasteiger partial charge in [-0.1, -0.05) is 32.3 Å². The minimum Gasteiger partial charge on any atom is -0.481 e. The summed E-state index contributed by atoms with van der Waals surface area (Å²) in [4.78, 5) is 21.6. The Hall–Kier alpha value is -1.32. The third-order valence-electron chi connectivity index (χ3n) is 3.04. The predicted octanol–water partition coefficient (Wildman–Crippen LogP) is 1.91. The van der Waals surface area contributed by atoms with Crippen molar-refractivity contribution in [3.63, 3.8) is 0 Å². The fraction of sp³-hybridized carbons (Fsp3) is 0.636. The average Bonchev–Trinajstić information content (AvgIpc) is 2.64. The first kappa shape index (κ1) is 11.8. The van der Waals surface area contributed by atoms with Crippen molar-refractivity contribution in [2.24, 2.45) is 11.8 Å². The molecule has 1 atom stereocenters. The molecule has 1 rings (SSSR count). The summed E-state index contributed by atoms with van der Waals surface area (Å²) < 4.78 is 0. The summed E-state index contributed by atoms with van der Waals surface area (Å²) in [7, 11) is 0. The Bertz CT molecular complexity index is 276. The zero-order valence-electron chi connectivity index (χ0n) is 8.61. The third-order valence-corrected chi connectivity index (χ3v) is 3.04. The SMILES string of the molecule is C=C(C(=O)O)C(CC1CCCC1)C(=O)O. The largest absolute Gasteiger partial charge is 0.481 e. The molecule has 0 aromatic heterocycles. The molecule has 1 saturated carbocycles. The molecular formula is C11H16O4. The summed E-state index contributed by atoms with van der Waals surface area (Å²) in [5.41, 5.74) is -0.200. The lowest BCUT2D eigenvalue weighted by atomic mass is 9.88. The van der Waals surface area contributed by atoms with Crippen molar-refractivity contribution in [3.8, 4) is 0 Å². The first-order valence-electron chi connectivity index (χ1n) is 5.17. The summed E-state index contributed by atoms with van der Waals surface area (Å²) in [6, 6.07) is 0. The summed E-state index contributed by atoms with van der Waals surface area (Å²) in [6.45, 7) is 3.34. The van der Waals surface area contributed by atoms with Crippen LogP contribution in [0.1, 0.15) is 32.1 Å². The van der Waals surface area contributed by atoms with Gasteiger partial charge in [-0.15, -0.1) is 0 Å². The Kier molecular flexibility index (Phi) is 3.88. The molecule has 0 amide bonds. The van der Waals surface area contributed by atoms with Crippen LogP contribution in [0, 0.1) is 11.8 Å². The van der Waals surface area contributed by atoms with Crippen molar-refractivity contribution < 1.29 is 19.8 Å². The number of carbonyl (C=O) groups is 2. The molecule has 1 fully saturated rings. The van der Waals surface area contributed by atoms with Gasteiger partial charge in [-0.3, -0.25) is 4.79 Å². The van der Waals surface area contributed by atoms with E-state index >= 15 is 0 Å². The molecule has 0 heterocycles. The van der Waals surface area contributed by atoms with Crippen molar-refractivity contribution in [2.45, 2.75) is 32.1 Å². The van der Waals surface area contributed by atoms with E-state index in [1.165, 1.54) is 0 Å². The number of hydrogen-bond donors (Lipinski definition) is 2. The first-order chi connectivity index (χ1) is 7.02. The maximum atomic E-state index is 10.9. The minimum absolute atomic E-state index is 0.200. The van der Waals surface area contributed by atoms with Gasteiger partial charge in [0.15, 0.2) is 0 Å². The topological polar surface area (TPSA) is 74.6 Å². The first-order valence-corrected chi connectivity index (χ1v) is 5.17. The maximum Gasteiger partial charge on any atom is 0.331 e. The fourth-order valence-corrected chi connectivity index (χ4v) is 2.12. The lowest BCUT2D eigenvalue weighted by molar-refractivity contribution is -0.144. The van der Waals surface area contributed by atoms with Crippen LogP contribution in [0.3, 0.4) is 0 Å². The highest BCUT2D eigenvalue weighted by Gasteiger charge is 2.29. The van der Waals surface area contributed by atoms with E-state index < -0.39 is 17.9 Å². The Balaban J connectivity index is 2.61. The molecule has 0 aromatic carbocycles. The number of carboxylic acids is 2. The fourth-order valence-electron chi connectivity index (χ4n) is 2.12. The highest BCUT2D eigenvalue weighted by Crippen LogP contribution is 2.32. The number of hydrogen-bond acceptors (Lipinski definition) is 2. The Morgan fingerprint density at radius 1 is 1.27 bits per heavy atom. The molecule has 0 aliphatic heterocycles. The molecular weight excluding hydrogens is 196 g/mol. The standard InChI is InChI=1S/C11H16O4/c1-7(10(12)13)9(11(14)15)6-8-4-2-3-5-8/h8-9H,1-6H2,(H,12,13)(H,14,15). The molecule has 84 valence electrons.